The van der Waals surface area contributed by atoms with Crippen molar-refractivity contribution < 1.29 is 4.79 Å². The monoisotopic (exact) mass is 590 g/mol. The van der Waals surface area contributed by atoms with Gasteiger partial charge in [-0.2, -0.15) is 0 Å². The molecule has 0 aliphatic carbocycles. The summed E-state index contributed by atoms with van der Waals surface area (Å²) >= 11 is 0. The Labute approximate surface area is 266 Å². The van der Waals surface area contributed by atoms with Crippen LogP contribution in [0, 0.1) is 0 Å². The molecule has 42 heavy (non-hydrogen) atoms. The first-order valence-electron chi connectivity index (χ1n) is 19.7. The van der Waals surface area contributed by atoms with E-state index >= 15 is 0 Å². The van der Waals surface area contributed by atoms with E-state index in [2.05, 4.69) is 31.3 Å². The van der Waals surface area contributed by atoms with Gasteiger partial charge in [-0.05, 0) is 38.5 Å². The number of unbranched alkanes of at least 4 members (excludes halogenated alkanes) is 30. The van der Waals surface area contributed by atoms with E-state index in [4.69, 9.17) is 0 Å². The molecule has 0 aliphatic rings. The lowest BCUT2D eigenvalue weighted by molar-refractivity contribution is -0.121. The molecular weight excluding hydrogens is 510 g/mol. The fourth-order valence-corrected chi connectivity index (χ4v) is 6.05. The lowest BCUT2D eigenvalue weighted by atomic mass is 10.0. The summed E-state index contributed by atoms with van der Waals surface area (Å²) in [6.07, 6.45) is 50.7. The van der Waals surface area contributed by atoms with Gasteiger partial charge < -0.3 is 5.32 Å². The lowest BCUT2D eigenvalue weighted by Gasteiger charge is -2.06. The van der Waals surface area contributed by atoms with E-state index in [-0.39, 0.29) is 5.91 Å². The summed E-state index contributed by atoms with van der Waals surface area (Å²) in [5.41, 5.74) is 0. The lowest BCUT2D eigenvalue weighted by Crippen LogP contribution is -2.23. The van der Waals surface area contributed by atoms with Crippen LogP contribution in [-0.2, 0) is 4.79 Å². The van der Waals surface area contributed by atoms with Crippen LogP contribution in [0.4, 0.5) is 0 Å². The second-order valence-electron chi connectivity index (χ2n) is 13.4. The number of amides is 1. The molecule has 1 N–H and O–H groups in total. The fourth-order valence-electron chi connectivity index (χ4n) is 6.05. The third kappa shape index (κ3) is 37.2. The minimum Gasteiger partial charge on any atom is -0.356 e. The van der Waals surface area contributed by atoms with Crippen LogP contribution in [0.1, 0.15) is 232 Å². The van der Waals surface area contributed by atoms with Gasteiger partial charge in [-0.25, -0.2) is 0 Å². The molecule has 0 aromatic heterocycles. The predicted molar refractivity (Wildman–Crippen MR) is 190 cm³/mol. The van der Waals surface area contributed by atoms with Crippen molar-refractivity contribution in [3.05, 3.63) is 12.2 Å². The van der Waals surface area contributed by atoms with Gasteiger partial charge in [0.25, 0.3) is 0 Å². The van der Waals surface area contributed by atoms with Crippen molar-refractivity contribution in [3.8, 4) is 0 Å². The summed E-state index contributed by atoms with van der Waals surface area (Å²) in [4.78, 5) is 12.1. The van der Waals surface area contributed by atoms with E-state index < -0.39 is 0 Å². The van der Waals surface area contributed by atoms with Gasteiger partial charge in [-0.3, -0.25) is 4.79 Å². The van der Waals surface area contributed by atoms with Gasteiger partial charge in [0.15, 0.2) is 0 Å². The van der Waals surface area contributed by atoms with E-state index in [0.717, 1.165) is 25.8 Å². The van der Waals surface area contributed by atoms with Crippen LogP contribution in [0.15, 0.2) is 12.2 Å². The molecule has 0 aromatic rings. The molecule has 2 nitrogen and oxygen atoms in total. The summed E-state index contributed by atoms with van der Waals surface area (Å²) in [5.74, 6) is 0.276. The van der Waals surface area contributed by atoms with Crippen molar-refractivity contribution in [2.24, 2.45) is 0 Å². The number of nitrogens with one attached hydrogen (secondary N) is 1. The van der Waals surface area contributed by atoms with Crippen molar-refractivity contribution >= 4 is 5.91 Å². The number of hydrogen-bond acceptors (Lipinski definition) is 1. The number of hydrogen-bond donors (Lipinski definition) is 1. The Morgan fingerprint density at radius 3 is 1.02 bits per heavy atom. The van der Waals surface area contributed by atoms with Gasteiger partial charge in [0.05, 0.1) is 0 Å². The second-order valence-corrected chi connectivity index (χ2v) is 13.4. The molecule has 0 saturated carbocycles. The molecule has 0 radical (unpaired) electrons. The largest absolute Gasteiger partial charge is 0.356 e. The van der Waals surface area contributed by atoms with E-state index in [1.54, 1.807) is 0 Å². The van der Waals surface area contributed by atoms with E-state index in [1.165, 1.54) is 199 Å². The molecule has 2 heteroatoms. The smallest absolute Gasteiger partial charge is 0.219 e. The Balaban J connectivity index is 3.17. The Morgan fingerprint density at radius 1 is 0.381 bits per heavy atom. The Kier molecular flexibility index (Phi) is 37.5. The van der Waals surface area contributed by atoms with Crippen molar-refractivity contribution in [1.29, 1.82) is 0 Å². The number of carbonyl (C=O) groups excluding carboxylic acids is 1. The van der Waals surface area contributed by atoms with Crippen LogP contribution >= 0.6 is 0 Å². The highest BCUT2D eigenvalue weighted by Crippen LogP contribution is 2.15. The Morgan fingerprint density at radius 2 is 0.667 bits per heavy atom. The summed E-state index contributed by atoms with van der Waals surface area (Å²) in [7, 11) is 0. The van der Waals surface area contributed by atoms with Crippen LogP contribution in [0.25, 0.3) is 0 Å². The quantitative estimate of drug-likeness (QED) is 0.0571. The first kappa shape index (κ1) is 41.2. The zero-order valence-electron chi connectivity index (χ0n) is 29.3. The van der Waals surface area contributed by atoms with Crippen molar-refractivity contribution in [1.82, 2.24) is 5.32 Å². The Bertz CT molecular complexity index is 528. The van der Waals surface area contributed by atoms with E-state index in [9.17, 15) is 4.79 Å². The zero-order valence-corrected chi connectivity index (χ0v) is 29.3. The van der Waals surface area contributed by atoms with E-state index in [0.29, 0.717) is 0 Å². The molecule has 250 valence electrons. The average Bonchev–Trinajstić information content (AvgIpc) is 3.00. The molecule has 0 atom stereocenters. The van der Waals surface area contributed by atoms with Gasteiger partial charge in [-0.15, -0.1) is 0 Å². The second kappa shape index (κ2) is 38.2. The summed E-state index contributed by atoms with van der Waals surface area (Å²) in [5, 5.41) is 3.15. The molecule has 0 heterocycles. The molecule has 0 rings (SSSR count). The first-order valence-corrected chi connectivity index (χ1v) is 19.7. The van der Waals surface area contributed by atoms with Gasteiger partial charge in [0, 0.05) is 13.0 Å². The molecule has 0 spiro atoms. The van der Waals surface area contributed by atoms with Gasteiger partial charge >= 0.3 is 0 Å². The minimum absolute atomic E-state index is 0.276. The maximum absolute atomic E-state index is 12.1. The fraction of sp³-hybridized carbons (Fsp3) is 0.925. The van der Waals surface area contributed by atoms with Gasteiger partial charge in [-0.1, -0.05) is 199 Å². The summed E-state index contributed by atoms with van der Waals surface area (Å²) in [6.45, 7) is 5.46. The summed E-state index contributed by atoms with van der Waals surface area (Å²) in [6, 6.07) is 0. The SMILES string of the molecule is CCCCCCCCC=CCCCCCCCCCCCCNC(=O)CCCCCCCCCCCCCCCCC. The average molecular weight is 590 g/mol. The van der Waals surface area contributed by atoms with Crippen molar-refractivity contribution in [3.63, 3.8) is 0 Å². The van der Waals surface area contributed by atoms with Crippen LogP contribution < -0.4 is 5.32 Å². The third-order valence-electron chi connectivity index (χ3n) is 9.02. The Hall–Kier alpha value is -0.790. The number of rotatable bonds is 36. The van der Waals surface area contributed by atoms with Crippen molar-refractivity contribution in [2.75, 3.05) is 6.54 Å². The van der Waals surface area contributed by atoms with Gasteiger partial charge in [0.1, 0.15) is 0 Å². The van der Waals surface area contributed by atoms with Crippen LogP contribution in [0.5, 0.6) is 0 Å². The molecule has 0 aliphatic heterocycles. The maximum Gasteiger partial charge on any atom is 0.219 e. The highest BCUT2D eigenvalue weighted by Gasteiger charge is 2.01. The molecule has 0 unspecified atom stereocenters. The molecule has 0 bridgehead atoms. The van der Waals surface area contributed by atoms with Crippen molar-refractivity contribution in [2.45, 2.75) is 232 Å². The molecular formula is C40H79NO. The van der Waals surface area contributed by atoms with Crippen LogP contribution in [0.3, 0.4) is 0 Å². The van der Waals surface area contributed by atoms with E-state index in [1.807, 2.05) is 0 Å². The highest BCUT2D eigenvalue weighted by molar-refractivity contribution is 5.75. The molecule has 0 fully saturated rings. The normalized spacial score (nSPS) is 11.6. The highest BCUT2D eigenvalue weighted by atomic mass is 16.1. The maximum atomic E-state index is 12.1. The molecule has 1 amide bonds. The first-order chi connectivity index (χ1) is 20.8. The number of carbonyl (C=O) groups is 1. The molecule has 0 aromatic carbocycles. The van der Waals surface area contributed by atoms with Crippen LogP contribution in [0.2, 0.25) is 0 Å². The topological polar surface area (TPSA) is 29.1 Å². The number of allylic oxidation sites excluding steroid dienone is 2. The van der Waals surface area contributed by atoms with Gasteiger partial charge in [0.2, 0.25) is 5.91 Å². The third-order valence-corrected chi connectivity index (χ3v) is 9.02. The van der Waals surface area contributed by atoms with Crippen LogP contribution in [-0.4, -0.2) is 12.5 Å². The summed E-state index contributed by atoms with van der Waals surface area (Å²) < 4.78 is 0. The molecule has 0 saturated heterocycles. The standard InChI is InChI=1S/C40H79NO/c1-3-5-7-9-11-13-15-17-19-20-21-22-23-25-27-29-31-33-35-37-39-41-40(42)38-36-34-32-30-28-26-24-18-16-14-12-10-8-6-4-2/h17,19H,3-16,18,20-39H2,1-2H3,(H,41,42). The zero-order chi connectivity index (χ0) is 30.4. The minimum atomic E-state index is 0.276. The predicted octanol–water partition coefficient (Wildman–Crippen LogP) is 14.0.